The molecule has 9 heteroatoms. The standard InChI is InChI=1S/C25H19ClN2O4S2/c26-10-5-7-11(8-6-10)28-23(30)18-13-9-14(19(18)24(28)31)20-17(13)16(12-3-1-2-4-15(12)29)21-22(33-20)27-25(32)34-21/h1-8,13-14,16-20,29H,9H2,(H,27,32)/t13-,14-,16?,17?,18?,19?,20?/m1/s1. The van der Waals surface area contributed by atoms with Gasteiger partial charge in [-0.25, -0.2) is 0 Å². The fourth-order valence-corrected chi connectivity index (χ4v) is 9.97. The molecule has 1 aromatic heterocycles. The number of amides is 2. The number of phenolic OH excluding ortho intramolecular Hbond substituents is 1. The van der Waals surface area contributed by atoms with E-state index < -0.39 is 0 Å². The zero-order valence-electron chi connectivity index (χ0n) is 17.7. The normalized spacial score (nSPS) is 33.2. The molecule has 172 valence electrons. The van der Waals surface area contributed by atoms with Gasteiger partial charge in [0.15, 0.2) is 0 Å². The minimum absolute atomic E-state index is 0.0104. The molecule has 3 aromatic rings. The van der Waals surface area contributed by atoms with Gasteiger partial charge in [0.2, 0.25) is 11.8 Å². The molecular formula is C25H19ClN2O4S2. The number of fused-ring (bicyclic) bond motifs is 9. The number of thiazole rings is 1. The molecular weight excluding hydrogens is 492 g/mol. The summed E-state index contributed by atoms with van der Waals surface area (Å²) >= 11 is 8.85. The Hall–Kier alpha value is -2.55. The topological polar surface area (TPSA) is 90.5 Å². The Morgan fingerprint density at radius 2 is 1.68 bits per heavy atom. The van der Waals surface area contributed by atoms with E-state index in [9.17, 15) is 19.5 Å². The largest absolute Gasteiger partial charge is 0.508 e. The van der Waals surface area contributed by atoms with Crippen LogP contribution < -0.4 is 9.77 Å². The second kappa shape index (κ2) is 7.23. The van der Waals surface area contributed by atoms with Crippen LogP contribution in [-0.4, -0.2) is 27.2 Å². The van der Waals surface area contributed by atoms with Crippen LogP contribution in [0.3, 0.4) is 0 Å². The molecule has 3 heterocycles. The van der Waals surface area contributed by atoms with Gasteiger partial charge >= 0.3 is 4.87 Å². The third kappa shape index (κ3) is 2.67. The van der Waals surface area contributed by atoms with Crippen molar-refractivity contribution in [2.75, 3.05) is 4.90 Å². The Labute approximate surface area is 207 Å². The highest BCUT2D eigenvalue weighted by atomic mass is 35.5. The lowest BCUT2D eigenvalue weighted by atomic mass is 9.68. The van der Waals surface area contributed by atoms with E-state index in [1.54, 1.807) is 48.2 Å². The first-order valence-corrected chi connectivity index (χ1v) is 13.3. The van der Waals surface area contributed by atoms with Crippen molar-refractivity contribution < 1.29 is 14.7 Å². The number of benzene rings is 2. The number of imide groups is 1. The van der Waals surface area contributed by atoms with Crippen LogP contribution in [0.5, 0.6) is 5.75 Å². The lowest BCUT2D eigenvalue weighted by Gasteiger charge is -2.43. The molecule has 1 saturated heterocycles. The average molecular weight is 511 g/mol. The van der Waals surface area contributed by atoms with Gasteiger partial charge in [-0.2, -0.15) is 0 Å². The number of hydrogen-bond donors (Lipinski definition) is 2. The van der Waals surface area contributed by atoms with Gasteiger partial charge in [-0.15, -0.1) is 11.8 Å². The summed E-state index contributed by atoms with van der Waals surface area (Å²) in [6.07, 6.45) is 0.812. The molecule has 7 atom stereocenters. The van der Waals surface area contributed by atoms with Crippen LogP contribution >= 0.6 is 34.7 Å². The second-order valence-electron chi connectivity index (χ2n) is 9.51. The van der Waals surface area contributed by atoms with Crippen LogP contribution in [0.15, 0.2) is 58.4 Å². The number of para-hydroxylation sites is 1. The van der Waals surface area contributed by atoms with Crippen LogP contribution in [0.25, 0.3) is 0 Å². The molecule has 2 bridgehead atoms. The number of aromatic amines is 1. The van der Waals surface area contributed by atoms with Gasteiger partial charge in [-0.05, 0) is 54.5 Å². The van der Waals surface area contributed by atoms with Crippen molar-refractivity contribution in [3.63, 3.8) is 0 Å². The van der Waals surface area contributed by atoms with Crippen molar-refractivity contribution in [2.45, 2.75) is 22.6 Å². The van der Waals surface area contributed by atoms with E-state index in [0.717, 1.165) is 21.9 Å². The van der Waals surface area contributed by atoms with E-state index in [0.29, 0.717) is 10.7 Å². The van der Waals surface area contributed by atoms with E-state index in [1.165, 1.54) is 16.2 Å². The minimum atomic E-state index is -0.374. The number of nitrogens with one attached hydrogen (secondary N) is 1. The number of aromatic nitrogens is 1. The zero-order chi connectivity index (χ0) is 23.3. The first-order valence-electron chi connectivity index (χ1n) is 11.2. The number of nitrogens with zero attached hydrogens (tertiary/aromatic N) is 1. The number of carbonyl (C=O) groups excluding carboxylic acids is 2. The van der Waals surface area contributed by atoms with Gasteiger partial charge in [-0.1, -0.05) is 41.1 Å². The maximum atomic E-state index is 13.7. The van der Waals surface area contributed by atoms with E-state index >= 15 is 0 Å². The highest BCUT2D eigenvalue weighted by Gasteiger charge is 2.69. The van der Waals surface area contributed by atoms with Crippen molar-refractivity contribution in [2.24, 2.45) is 29.6 Å². The summed E-state index contributed by atoms with van der Waals surface area (Å²) in [4.78, 5) is 44.7. The average Bonchev–Trinajstić information content (AvgIpc) is 3.54. The molecule has 34 heavy (non-hydrogen) atoms. The zero-order valence-corrected chi connectivity index (χ0v) is 20.1. The first-order chi connectivity index (χ1) is 16.4. The van der Waals surface area contributed by atoms with Crippen molar-refractivity contribution in [1.82, 2.24) is 4.98 Å². The fraction of sp³-hybridized carbons (Fsp3) is 0.320. The van der Waals surface area contributed by atoms with Crippen LogP contribution in [-0.2, 0) is 9.59 Å². The minimum Gasteiger partial charge on any atom is -0.508 e. The third-order valence-corrected chi connectivity index (χ3v) is 10.9. The summed E-state index contributed by atoms with van der Waals surface area (Å²) in [7, 11) is 0. The summed E-state index contributed by atoms with van der Waals surface area (Å²) < 4.78 is 0. The number of anilines is 1. The van der Waals surface area contributed by atoms with E-state index in [4.69, 9.17) is 11.6 Å². The molecule has 0 spiro atoms. The lowest BCUT2D eigenvalue weighted by Crippen LogP contribution is -2.42. The van der Waals surface area contributed by atoms with E-state index in [1.807, 2.05) is 12.1 Å². The van der Waals surface area contributed by atoms with Gasteiger partial charge in [0, 0.05) is 26.6 Å². The lowest BCUT2D eigenvalue weighted by molar-refractivity contribution is -0.123. The summed E-state index contributed by atoms with van der Waals surface area (Å²) in [6, 6.07) is 14.1. The Bertz CT molecular complexity index is 1420. The van der Waals surface area contributed by atoms with Crippen LogP contribution in [0.4, 0.5) is 5.69 Å². The number of thioether (sulfide) groups is 1. The molecule has 3 fully saturated rings. The molecule has 0 radical (unpaired) electrons. The maximum absolute atomic E-state index is 13.7. The molecule has 7 rings (SSSR count). The molecule has 2 aliphatic carbocycles. The summed E-state index contributed by atoms with van der Waals surface area (Å²) in [5, 5.41) is 12.2. The monoisotopic (exact) mass is 510 g/mol. The number of carbonyl (C=O) groups is 2. The highest BCUT2D eigenvalue weighted by molar-refractivity contribution is 8.00. The quantitative estimate of drug-likeness (QED) is 0.496. The number of H-pyrrole nitrogens is 1. The van der Waals surface area contributed by atoms with Crippen LogP contribution in [0.2, 0.25) is 5.02 Å². The van der Waals surface area contributed by atoms with Crippen LogP contribution in [0, 0.1) is 29.6 Å². The Kier molecular flexibility index (Phi) is 4.42. The van der Waals surface area contributed by atoms with E-state index in [-0.39, 0.29) is 63.2 Å². The number of rotatable bonds is 2. The summed E-state index contributed by atoms with van der Waals surface area (Å²) in [6.45, 7) is 0. The SMILES string of the molecule is O=C1C2C(C(=O)N1c1ccc(Cl)cc1)[C@@H]1C[C@H]2C2Sc3[nH]c(=O)sc3C(c3ccccc3O)C21. The van der Waals surface area contributed by atoms with Crippen molar-refractivity contribution in [3.8, 4) is 5.75 Å². The predicted octanol–water partition coefficient (Wildman–Crippen LogP) is 4.47. The number of hydrogen-bond acceptors (Lipinski definition) is 6. The van der Waals surface area contributed by atoms with Crippen LogP contribution in [0.1, 0.15) is 22.8 Å². The molecule has 2 saturated carbocycles. The number of phenols is 1. The van der Waals surface area contributed by atoms with Gasteiger partial charge in [0.25, 0.3) is 0 Å². The summed E-state index contributed by atoms with van der Waals surface area (Å²) in [5.74, 6) is -0.870. The molecule has 5 unspecified atom stereocenters. The smallest absolute Gasteiger partial charge is 0.305 e. The number of aromatic hydroxyl groups is 1. The highest BCUT2D eigenvalue weighted by Crippen LogP contribution is 2.69. The molecule has 2 aromatic carbocycles. The molecule has 4 aliphatic rings. The van der Waals surface area contributed by atoms with Crippen molar-refractivity contribution in [1.29, 1.82) is 0 Å². The van der Waals surface area contributed by atoms with Crippen molar-refractivity contribution in [3.05, 3.63) is 73.7 Å². The Morgan fingerprint density at radius 3 is 2.41 bits per heavy atom. The van der Waals surface area contributed by atoms with Gasteiger partial charge in [0.1, 0.15) is 5.75 Å². The van der Waals surface area contributed by atoms with E-state index in [2.05, 4.69) is 4.98 Å². The predicted molar refractivity (Wildman–Crippen MR) is 131 cm³/mol. The third-order valence-electron chi connectivity index (χ3n) is 8.08. The van der Waals surface area contributed by atoms with Gasteiger partial charge in [-0.3, -0.25) is 19.3 Å². The Morgan fingerprint density at radius 1 is 0.971 bits per heavy atom. The molecule has 2 N–H and O–H groups in total. The fourth-order valence-electron chi connectivity index (χ4n) is 6.96. The Balaban J connectivity index is 1.34. The van der Waals surface area contributed by atoms with Crippen molar-refractivity contribution >= 4 is 52.2 Å². The summed E-state index contributed by atoms with van der Waals surface area (Å²) in [5.41, 5.74) is 1.34. The molecule has 6 nitrogen and oxygen atoms in total. The number of halogens is 1. The molecule has 2 aliphatic heterocycles. The van der Waals surface area contributed by atoms with Gasteiger partial charge < -0.3 is 10.1 Å². The molecule has 2 amide bonds. The maximum Gasteiger partial charge on any atom is 0.305 e. The first kappa shape index (κ1) is 20.8. The second-order valence-corrected chi connectivity index (χ2v) is 12.1. The van der Waals surface area contributed by atoms with Gasteiger partial charge in [0.05, 0.1) is 22.5 Å².